The predicted molar refractivity (Wildman–Crippen MR) is 183 cm³/mol. The fourth-order valence-corrected chi connectivity index (χ4v) is 7.55. The smallest absolute Gasteiger partial charge is 0.413 e. The van der Waals surface area contributed by atoms with Crippen LogP contribution in [0.4, 0.5) is 14.9 Å². The Bertz CT molecular complexity index is 1590. The number of nitrogens with zero attached hydrogens (tertiary/aromatic N) is 2. The fraction of sp³-hybridized carbons (Fsp3) is 0.647. The maximum atomic E-state index is 16.1. The van der Waals surface area contributed by atoms with Crippen molar-refractivity contribution in [2.75, 3.05) is 17.4 Å². The third kappa shape index (κ3) is 8.86. The Labute approximate surface area is 293 Å². The molecular weight excluding hydrogens is 673 g/mol. The van der Waals surface area contributed by atoms with Crippen molar-refractivity contribution in [3.63, 3.8) is 0 Å². The highest BCUT2D eigenvalue weighted by atomic mass is 32.2. The zero-order valence-corrected chi connectivity index (χ0v) is 30.3. The minimum atomic E-state index is -4.43. The van der Waals surface area contributed by atoms with Crippen LogP contribution in [-0.4, -0.2) is 79.8 Å². The van der Waals surface area contributed by atoms with E-state index in [1.54, 1.807) is 52.3 Å². The van der Waals surface area contributed by atoms with Crippen molar-refractivity contribution in [1.29, 1.82) is 0 Å². The Morgan fingerprint density at radius 2 is 1.68 bits per heavy atom. The Kier molecular flexibility index (Phi) is 12.4. The van der Waals surface area contributed by atoms with Crippen LogP contribution in [0.3, 0.4) is 0 Å². The number of anilines is 1. The molecule has 0 radical (unpaired) electrons. The van der Waals surface area contributed by atoms with Crippen molar-refractivity contribution in [3.05, 3.63) is 29.6 Å². The summed E-state index contributed by atoms with van der Waals surface area (Å²) >= 11 is 0. The van der Waals surface area contributed by atoms with Crippen molar-refractivity contribution in [2.45, 2.75) is 104 Å². The Morgan fingerprint density at radius 3 is 2.24 bits per heavy atom. The summed E-state index contributed by atoms with van der Waals surface area (Å²) in [6.45, 7) is 9.60. The molecule has 16 heteroatoms. The Morgan fingerprint density at radius 1 is 1.02 bits per heavy atom. The van der Waals surface area contributed by atoms with Crippen LogP contribution in [0.2, 0.25) is 0 Å². The number of hydrogen-bond donors (Lipinski definition) is 4. The molecule has 1 aromatic carbocycles. The topological polar surface area (TPSA) is 198 Å². The van der Waals surface area contributed by atoms with Gasteiger partial charge in [-0.2, -0.15) is 8.42 Å². The third-order valence-corrected chi connectivity index (χ3v) is 10.8. The van der Waals surface area contributed by atoms with E-state index >= 15 is 4.39 Å². The van der Waals surface area contributed by atoms with Gasteiger partial charge in [0.05, 0.1) is 18.6 Å². The van der Waals surface area contributed by atoms with E-state index in [9.17, 15) is 32.7 Å². The maximum Gasteiger partial charge on any atom is 0.413 e. The minimum absolute atomic E-state index is 0.0597. The highest BCUT2D eigenvalue weighted by Crippen LogP contribution is 2.40. The molecule has 1 aromatic rings. The van der Waals surface area contributed by atoms with Gasteiger partial charge in [-0.15, -0.1) is 0 Å². The van der Waals surface area contributed by atoms with E-state index in [0.29, 0.717) is 22.2 Å². The third-order valence-electron chi connectivity index (χ3n) is 9.46. The van der Waals surface area contributed by atoms with Crippen LogP contribution >= 0.6 is 0 Å². The molecule has 0 aromatic heterocycles. The highest BCUT2D eigenvalue weighted by Gasteiger charge is 2.40. The summed E-state index contributed by atoms with van der Waals surface area (Å²) in [5, 5.41) is 13.1. The van der Waals surface area contributed by atoms with Gasteiger partial charge in [0.2, 0.25) is 5.91 Å². The van der Waals surface area contributed by atoms with Crippen LogP contribution in [0.1, 0.15) is 85.6 Å². The van der Waals surface area contributed by atoms with Crippen molar-refractivity contribution in [2.24, 2.45) is 29.4 Å². The van der Waals surface area contributed by atoms with Gasteiger partial charge in [-0.3, -0.25) is 14.5 Å². The lowest BCUT2D eigenvalue weighted by Gasteiger charge is -2.30. The van der Waals surface area contributed by atoms with Crippen LogP contribution in [0.15, 0.2) is 18.2 Å². The molecule has 278 valence electrons. The van der Waals surface area contributed by atoms with Gasteiger partial charge >= 0.3 is 22.3 Å². The fourth-order valence-electron chi connectivity index (χ4n) is 6.38. The highest BCUT2D eigenvalue weighted by molar-refractivity contribution is 7.92. The zero-order chi connectivity index (χ0) is 37.1. The van der Waals surface area contributed by atoms with Gasteiger partial charge in [0.1, 0.15) is 24.0 Å². The van der Waals surface area contributed by atoms with Gasteiger partial charge < -0.3 is 25.6 Å². The molecule has 1 saturated carbocycles. The number of phenolic OH excluding ortho intramolecular Hbond substituents is 1. The van der Waals surface area contributed by atoms with Crippen molar-refractivity contribution < 1.29 is 46.6 Å². The van der Waals surface area contributed by atoms with E-state index in [4.69, 9.17) is 15.2 Å². The first-order valence-corrected chi connectivity index (χ1v) is 18.6. The van der Waals surface area contributed by atoms with Gasteiger partial charge in [0, 0.05) is 11.5 Å². The molecule has 3 aliphatic rings. The number of halogens is 1. The number of nitrogens with two attached hydrogens (primary N) is 1. The monoisotopic (exact) mass is 723 g/mol. The average molecular weight is 724 g/mol. The molecule has 4 atom stereocenters. The normalized spacial score (nSPS) is 21.0. The maximum absolute atomic E-state index is 16.1. The number of benzene rings is 1. The molecule has 14 nitrogen and oxygen atoms in total. The van der Waals surface area contributed by atoms with Crippen LogP contribution in [0.5, 0.6) is 5.75 Å². The van der Waals surface area contributed by atoms with Crippen molar-refractivity contribution in [1.82, 2.24) is 14.9 Å². The molecular formula is C34H50FN5O9S. The van der Waals surface area contributed by atoms with Gasteiger partial charge in [-0.05, 0) is 48.3 Å². The number of ether oxygens (including phenoxy) is 2. The minimum Gasteiger partial charge on any atom is -0.506 e. The summed E-state index contributed by atoms with van der Waals surface area (Å²) < 4.78 is 54.8. The molecule has 1 saturated heterocycles. The SMILES string of the molecule is CC(C)C(OC(=O)[C@H](NC(=O)[C@@H](N)C(C)C)C(C)C)OC(=O)N1CC(c2ccc(O)c(N3CC(=O)NS3(=O)=O)c2F)=C[C@@H]1CCC1CCCC1. The summed E-state index contributed by atoms with van der Waals surface area (Å²) in [5.41, 5.74) is 5.57. The summed E-state index contributed by atoms with van der Waals surface area (Å²) in [6.07, 6.45) is 5.32. The first kappa shape index (κ1) is 38.9. The molecule has 2 fully saturated rings. The first-order chi connectivity index (χ1) is 23.4. The molecule has 0 spiro atoms. The number of carbonyl (C=O) groups is 4. The molecule has 5 N–H and O–H groups in total. The molecule has 4 rings (SSSR count). The predicted octanol–water partition coefficient (Wildman–Crippen LogP) is 3.54. The van der Waals surface area contributed by atoms with E-state index < -0.39 is 88.2 Å². The van der Waals surface area contributed by atoms with E-state index in [-0.39, 0.29) is 23.9 Å². The van der Waals surface area contributed by atoms with Gasteiger partial charge in [-0.25, -0.2) is 23.0 Å². The number of esters is 1. The number of nitrogens with one attached hydrogen (secondary N) is 2. The number of amides is 3. The average Bonchev–Trinajstić information content (AvgIpc) is 3.76. The van der Waals surface area contributed by atoms with E-state index in [0.717, 1.165) is 38.2 Å². The van der Waals surface area contributed by atoms with Crippen LogP contribution in [-0.2, 0) is 34.1 Å². The summed E-state index contributed by atoms with van der Waals surface area (Å²) in [5.74, 6) is -4.47. The van der Waals surface area contributed by atoms with Crippen molar-refractivity contribution >= 4 is 45.3 Å². The second kappa shape index (κ2) is 16.0. The molecule has 3 amide bonds. The second-order valence-electron chi connectivity index (χ2n) is 14.4. The molecule has 1 aliphatic carbocycles. The second-order valence-corrected chi connectivity index (χ2v) is 16.0. The molecule has 2 heterocycles. The van der Waals surface area contributed by atoms with Crippen LogP contribution in [0.25, 0.3) is 5.57 Å². The lowest BCUT2D eigenvalue weighted by atomic mass is 9.97. The van der Waals surface area contributed by atoms with E-state index in [2.05, 4.69) is 5.32 Å². The first-order valence-electron chi connectivity index (χ1n) is 17.2. The largest absolute Gasteiger partial charge is 0.506 e. The molecule has 1 unspecified atom stereocenters. The van der Waals surface area contributed by atoms with Crippen LogP contribution in [0, 0.1) is 29.5 Å². The summed E-state index contributed by atoms with van der Waals surface area (Å²) in [7, 11) is -4.43. The summed E-state index contributed by atoms with van der Waals surface area (Å²) in [6, 6.07) is -0.00641. The number of hydrogen-bond acceptors (Lipinski definition) is 10. The number of aromatic hydroxyl groups is 1. The molecule has 50 heavy (non-hydrogen) atoms. The Hall–Kier alpha value is -3.92. The van der Waals surface area contributed by atoms with Crippen molar-refractivity contribution in [3.8, 4) is 5.75 Å². The molecule has 2 aliphatic heterocycles. The number of phenols is 1. The zero-order valence-electron chi connectivity index (χ0n) is 29.5. The van der Waals surface area contributed by atoms with Gasteiger partial charge in [0.15, 0.2) is 5.82 Å². The van der Waals surface area contributed by atoms with Gasteiger partial charge in [-0.1, -0.05) is 73.3 Å². The quantitative estimate of drug-likeness (QED) is 0.173. The van der Waals surface area contributed by atoms with Gasteiger partial charge in [0.25, 0.3) is 12.2 Å². The number of rotatable bonds is 13. The standard InChI is InChI=1S/C34H50FN5O9S/c1-18(2)28(36)31(43)37-29(19(3)4)32(44)48-33(20(5)6)49-34(45)39-16-22(15-23(39)12-11-21-9-7-8-10-21)24-13-14-25(41)30(27(24)35)40-17-26(42)38-50(40,46)47/h13-15,18-21,23,28-29,33,41H,7-12,16-17,36H2,1-6H3,(H,37,43)(H,38,42)/t23-,28-,29+,33?/m0/s1. The molecule has 0 bridgehead atoms. The van der Waals surface area contributed by atoms with Crippen LogP contribution < -0.4 is 20.1 Å². The Balaban J connectivity index is 1.57. The van der Waals surface area contributed by atoms with E-state index in [1.807, 2.05) is 0 Å². The lowest BCUT2D eigenvalue weighted by molar-refractivity contribution is -0.181. The van der Waals surface area contributed by atoms with E-state index in [1.165, 1.54) is 11.0 Å². The lowest BCUT2D eigenvalue weighted by Crippen LogP contribution is -2.53. The number of carbonyl (C=O) groups excluding carboxylic acids is 4. The summed E-state index contributed by atoms with van der Waals surface area (Å²) in [4.78, 5) is 53.1.